The Morgan fingerprint density at radius 2 is 1.44 bits per heavy atom. The smallest absolute Gasteiger partial charge is 0.0167 e. The Labute approximate surface area is 57.5 Å². The predicted molar refractivity (Wildman–Crippen MR) is 41.5 cm³/mol. The standard InChI is InChI=1S/C8H14N/c1-3-5-7-9-8-6-4-2/h3-4H,1-2,5-8H2. The fourth-order valence-corrected chi connectivity index (χ4v) is 0.477. The average molecular weight is 124 g/mol. The van der Waals surface area contributed by atoms with Crippen molar-refractivity contribution in [1.82, 2.24) is 5.32 Å². The third-order valence-corrected chi connectivity index (χ3v) is 0.983. The maximum Gasteiger partial charge on any atom is 0.0167 e. The van der Waals surface area contributed by atoms with Crippen molar-refractivity contribution < 1.29 is 0 Å². The van der Waals surface area contributed by atoms with Crippen molar-refractivity contribution in [2.45, 2.75) is 12.8 Å². The second kappa shape index (κ2) is 7.44. The van der Waals surface area contributed by atoms with E-state index in [-0.39, 0.29) is 0 Å². The highest BCUT2D eigenvalue weighted by Crippen LogP contribution is 1.80. The molecule has 0 N–H and O–H groups in total. The molecule has 0 aromatic carbocycles. The molecule has 0 saturated carbocycles. The van der Waals surface area contributed by atoms with E-state index in [0.717, 1.165) is 25.9 Å². The van der Waals surface area contributed by atoms with Crippen molar-refractivity contribution in [2.24, 2.45) is 0 Å². The molecule has 0 aliphatic carbocycles. The minimum absolute atomic E-state index is 0.914. The minimum Gasteiger partial charge on any atom is -0.241 e. The van der Waals surface area contributed by atoms with E-state index in [1.807, 2.05) is 12.2 Å². The fraction of sp³-hybridized carbons (Fsp3) is 0.500. The molecule has 0 aromatic heterocycles. The van der Waals surface area contributed by atoms with E-state index < -0.39 is 0 Å². The summed E-state index contributed by atoms with van der Waals surface area (Å²) in [5.41, 5.74) is 0. The van der Waals surface area contributed by atoms with Crippen molar-refractivity contribution >= 4 is 0 Å². The summed E-state index contributed by atoms with van der Waals surface area (Å²) >= 11 is 0. The minimum atomic E-state index is 0.914. The summed E-state index contributed by atoms with van der Waals surface area (Å²) in [7, 11) is 0. The quantitative estimate of drug-likeness (QED) is 0.378. The molecule has 9 heavy (non-hydrogen) atoms. The zero-order valence-electron chi connectivity index (χ0n) is 5.84. The van der Waals surface area contributed by atoms with Crippen LogP contribution in [0.15, 0.2) is 25.3 Å². The van der Waals surface area contributed by atoms with Crippen LogP contribution in [0.4, 0.5) is 0 Å². The van der Waals surface area contributed by atoms with Gasteiger partial charge in [-0.15, -0.1) is 13.2 Å². The zero-order valence-corrected chi connectivity index (χ0v) is 5.84. The van der Waals surface area contributed by atoms with Crippen LogP contribution in [-0.4, -0.2) is 13.1 Å². The summed E-state index contributed by atoms with van der Waals surface area (Å²) in [6.45, 7) is 9.02. The van der Waals surface area contributed by atoms with E-state index in [2.05, 4.69) is 18.5 Å². The molecule has 0 bridgehead atoms. The molecule has 0 aliphatic heterocycles. The molecule has 0 amide bonds. The van der Waals surface area contributed by atoms with E-state index in [4.69, 9.17) is 0 Å². The first-order chi connectivity index (χ1) is 4.41. The second-order valence-electron chi connectivity index (χ2n) is 1.83. The van der Waals surface area contributed by atoms with Gasteiger partial charge >= 0.3 is 0 Å². The Kier molecular flexibility index (Phi) is 6.98. The van der Waals surface area contributed by atoms with Crippen molar-refractivity contribution in [1.29, 1.82) is 0 Å². The van der Waals surface area contributed by atoms with Gasteiger partial charge in [0.05, 0.1) is 0 Å². The molecule has 0 saturated heterocycles. The van der Waals surface area contributed by atoms with Crippen molar-refractivity contribution in [3.63, 3.8) is 0 Å². The Bertz CT molecular complexity index is 66.6. The molecule has 1 radical (unpaired) electrons. The van der Waals surface area contributed by atoms with Crippen LogP contribution < -0.4 is 5.32 Å². The Hall–Kier alpha value is -0.560. The number of hydrogen-bond acceptors (Lipinski definition) is 0. The molecule has 0 aromatic rings. The summed E-state index contributed by atoms with van der Waals surface area (Å²) in [6, 6.07) is 0. The van der Waals surface area contributed by atoms with Gasteiger partial charge in [-0.05, 0) is 12.8 Å². The van der Waals surface area contributed by atoms with Crippen LogP contribution in [0, 0.1) is 0 Å². The molecule has 1 nitrogen and oxygen atoms in total. The lowest BCUT2D eigenvalue weighted by molar-refractivity contribution is 0.683. The van der Waals surface area contributed by atoms with E-state index in [0.29, 0.717) is 0 Å². The third-order valence-electron chi connectivity index (χ3n) is 0.983. The SMILES string of the molecule is C=CCC[N]CCC=C. The molecule has 0 atom stereocenters. The largest absolute Gasteiger partial charge is 0.241 e. The molecule has 0 rings (SSSR count). The molecular weight excluding hydrogens is 110 g/mol. The van der Waals surface area contributed by atoms with Gasteiger partial charge in [0.25, 0.3) is 0 Å². The van der Waals surface area contributed by atoms with Gasteiger partial charge in [0.1, 0.15) is 0 Å². The van der Waals surface area contributed by atoms with Crippen LogP contribution in [-0.2, 0) is 0 Å². The van der Waals surface area contributed by atoms with Gasteiger partial charge < -0.3 is 0 Å². The van der Waals surface area contributed by atoms with Crippen LogP contribution >= 0.6 is 0 Å². The molecule has 0 fully saturated rings. The van der Waals surface area contributed by atoms with Crippen molar-refractivity contribution in [2.75, 3.05) is 13.1 Å². The second-order valence-corrected chi connectivity index (χ2v) is 1.83. The third kappa shape index (κ3) is 7.44. The Balaban J connectivity index is 2.74. The predicted octanol–water partition coefficient (Wildman–Crippen LogP) is 1.74. The molecule has 0 heterocycles. The first-order valence-electron chi connectivity index (χ1n) is 3.27. The van der Waals surface area contributed by atoms with Crippen LogP contribution in [0.1, 0.15) is 12.8 Å². The van der Waals surface area contributed by atoms with Gasteiger partial charge in [-0.25, -0.2) is 5.32 Å². The van der Waals surface area contributed by atoms with E-state index in [1.165, 1.54) is 0 Å². The van der Waals surface area contributed by atoms with Crippen LogP contribution in [0.5, 0.6) is 0 Å². The van der Waals surface area contributed by atoms with Gasteiger partial charge in [-0.2, -0.15) is 0 Å². The molecule has 51 valence electrons. The van der Waals surface area contributed by atoms with Crippen LogP contribution in [0.3, 0.4) is 0 Å². The Morgan fingerprint density at radius 3 is 1.78 bits per heavy atom. The maximum absolute atomic E-state index is 4.21. The zero-order chi connectivity index (χ0) is 6.95. The summed E-state index contributed by atoms with van der Waals surface area (Å²) in [5.74, 6) is 0. The normalized spacial score (nSPS) is 8.89. The van der Waals surface area contributed by atoms with Crippen LogP contribution in [0.2, 0.25) is 0 Å². The van der Waals surface area contributed by atoms with Crippen LogP contribution in [0.25, 0.3) is 0 Å². The van der Waals surface area contributed by atoms with E-state index in [1.54, 1.807) is 0 Å². The summed E-state index contributed by atoms with van der Waals surface area (Å²) < 4.78 is 0. The van der Waals surface area contributed by atoms with Gasteiger partial charge in [-0.3, -0.25) is 0 Å². The first kappa shape index (κ1) is 8.44. The number of hydrogen-bond donors (Lipinski definition) is 0. The highest BCUT2D eigenvalue weighted by Gasteiger charge is 1.81. The molecular formula is C8H14N. The van der Waals surface area contributed by atoms with Crippen molar-refractivity contribution in [3.05, 3.63) is 25.3 Å². The van der Waals surface area contributed by atoms with Gasteiger partial charge in [0.2, 0.25) is 0 Å². The number of nitrogens with zero attached hydrogens (tertiary/aromatic N) is 1. The van der Waals surface area contributed by atoms with E-state index >= 15 is 0 Å². The summed E-state index contributed by atoms with van der Waals surface area (Å²) in [4.78, 5) is 0. The van der Waals surface area contributed by atoms with Gasteiger partial charge in [-0.1, -0.05) is 12.2 Å². The molecule has 0 aliphatic rings. The summed E-state index contributed by atoms with van der Waals surface area (Å²) in [6.07, 6.45) is 5.77. The van der Waals surface area contributed by atoms with Gasteiger partial charge in [0, 0.05) is 13.1 Å². The lowest BCUT2D eigenvalue weighted by atomic mass is 10.4. The first-order valence-corrected chi connectivity index (χ1v) is 3.27. The Morgan fingerprint density at radius 1 is 1.00 bits per heavy atom. The van der Waals surface area contributed by atoms with Gasteiger partial charge in [0.15, 0.2) is 0 Å². The lowest BCUT2D eigenvalue weighted by Crippen LogP contribution is -2.06. The maximum atomic E-state index is 4.21. The van der Waals surface area contributed by atoms with E-state index in [9.17, 15) is 0 Å². The monoisotopic (exact) mass is 124 g/mol. The molecule has 1 heteroatoms. The number of rotatable bonds is 6. The molecule has 0 unspecified atom stereocenters. The fourth-order valence-electron chi connectivity index (χ4n) is 0.477. The average Bonchev–Trinajstić information content (AvgIpc) is 1.89. The topological polar surface area (TPSA) is 14.1 Å². The highest BCUT2D eigenvalue weighted by atomic mass is 14.8. The summed E-state index contributed by atoms with van der Waals surface area (Å²) in [5, 5.41) is 4.21. The molecule has 0 spiro atoms. The van der Waals surface area contributed by atoms with Crippen molar-refractivity contribution in [3.8, 4) is 0 Å². The lowest BCUT2D eigenvalue weighted by Gasteiger charge is -1.94. The highest BCUT2D eigenvalue weighted by molar-refractivity contribution is 4.70.